The molecule has 2 aromatic heterocycles. The van der Waals surface area contributed by atoms with Crippen LogP contribution >= 0.6 is 22.9 Å². The number of amides is 1. The fourth-order valence-electron chi connectivity index (χ4n) is 4.34. The van der Waals surface area contributed by atoms with Crippen molar-refractivity contribution in [3.05, 3.63) is 69.1 Å². The Hall–Kier alpha value is -2.24. The van der Waals surface area contributed by atoms with Gasteiger partial charge in [0.25, 0.3) is 5.91 Å². The summed E-state index contributed by atoms with van der Waals surface area (Å²) in [6.07, 6.45) is 5.80. The van der Waals surface area contributed by atoms with Crippen molar-refractivity contribution in [1.29, 1.82) is 0 Å². The van der Waals surface area contributed by atoms with E-state index in [1.165, 1.54) is 0 Å². The van der Waals surface area contributed by atoms with Gasteiger partial charge in [-0.15, -0.1) is 11.3 Å². The van der Waals surface area contributed by atoms with Gasteiger partial charge in [0.2, 0.25) is 0 Å². The van der Waals surface area contributed by atoms with Crippen molar-refractivity contribution in [2.75, 3.05) is 6.54 Å². The van der Waals surface area contributed by atoms with E-state index in [1.54, 1.807) is 17.5 Å². The fourth-order valence-corrected chi connectivity index (χ4v) is 5.48. The van der Waals surface area contributed by atoms with Gasteiger partial charge in [0.15, 0.2) is 0 Å². The minimum atomic E-state index is 0.139. The minimum Gasteiger partial charge on any atom is -0.335 e. The second-order valence-electron chi connectivity index (χ2n) is 7.51. The summed E-state index contributed by atoms with van der Waals surface area (Å²) in [7, 11) is 0. The number of carbonyl (C=O) groups is 1. The van der Waals surface area contributed by atoms with Crippen LogP contribution < -0.4 is 0 Å². The van der Waals surface area contributed by atoms with Crippen LogP contribution in [0.1, 0.15) is 46.1 Å². The summed E-state index contributed by atoms with van der Waals surface area (Å²) in [6, 6.07) is 11.8. The third-order valence-electron chi connectivity index (χ3n) is 5.81. The van der Waals surface area contributed by atoms with Gasteiger partial charge in [-0.2, -0.15) is 0 Å². The topological polar surface area (TPSA) is 46.1 Å². The number of halogens is 1. The normalized spacial score (nSPS) is 21.8. The molecule has 2 aliphatic rings. The number of pyridine rings is 1. The molecule has 28 heavy (non-hydrogen) atoms. The van der Waals surface area contributed by atoms with Gasteiger partial charge in [-0.3, -0.25) is 9.78 Å². The number of hydrogen-bond donors (Lipinski definition) is 0. The predicted octanol–water partition coefficient (Wildman–Crippen LogP) is 5.19. The van der Waals surface area contributed by atoms with Crippen LogP contribution in [0.2, 0.25) is 5.02 Å². The van der Waals surface area contributed by atoms with Crippen LogP contribution in [0.25, 0.3) is 11.4 Å². The third-order valence-corrected chi connectivity index (χ3v) is 7.05. The van der Waals surface area contributed by atoms with E-state index in [0.29, 0.717) is 11.1 Å². The number of thiazole rings is 1. The number of piperidine rings is 1. The number of nitrogens with zero attached hydrogens (tertiary/aromatic N) is 3. The molecule has 1 amide bonds. The Morgan fingerprint density at radius 1 is 1.11 bits per heavy atom. The number of fused-ring (bicyclic) bond motifs is 2. The molecule has 0 saturated carbocycles. The average molecular weight is 410 g/mol. The van der Waals surface area contributed by atoms with Crippen LogP contribution in [0.5, 0.6) is 0 Å². The molecule has 1 saturated heterocycles. The first-order valence-electron chi connectivity index (χ1n) is 9.65. The van der Waals surface area contributed by atoms with Crippen molar-refractivity contribution >= 4 is 28.8 Å². The summed E-state index contributed by atoms with van der Waals surface area (Å²) < 4.78 is 0. The maximum absolute atomic E-state index is 13.2. The molecule has 3 aromatic rings. The molecular formula is C22H20ClN3OS. The first-order chi connectivity index (χ1) is 13.7. The second-order valence-corrected chi connectivity index (χ2v) is 8.84. The van der Waals surface area contributed by atoms with Gasteiger partial charge in [0.05, 0.1) is 16.4 Å². The molecule has 5 rings (SSSR count). The van der Waals surface area contributed by atoms with Crippen LogP contribution in [-0.4, -0.2) is 33.4 Å². The highest BCUT2D eigenvalue weighted by Crippen LogP contribution is 2.37. The monoisotopic (exact) mass is 409 g/mol. The van der Waals surface area contributed by atoms with Crippen molar-refractivity contribution in [1.82, 2.24) is 14.9 Å². The summed E-state index contributed by atoms with van der Waals surface area (Å²) >= 11 is 7.83. The molecule has 0 radical (unpaired) electrons. The molecule has 142 valence electrons. The summed E-state index contributed by atoms with van der Waals surface area (Å²) in [5, 5.41) is 3.88. The lowest BCUT2D eigenvalue weighted by Crippen LogP contribution is -2.45. The summed E-state index contributed by atoms with van der Waals surface area (Å²) in [4.78, 5) is 24.6. The van der Waals surface area contributed by atoms with Gasteiger partial charge in [0.1, 0.15) is 0 Å². The Balaban J connectivity index is 1.40. The molecule has 6 heteroatoms. The van der Waals surface area contributed by atoms with Crippen LogP contribution in [0.4, 0.5) is 0 Å². The molecule has 1 aromatic carbocycles. The Morgan fingerprint density at radius 2 is 2.04 bits per heavy atom. The third kappa shape index (κ3) is 3.23. The number of carbonyl (C=O) groups excluding carboxylic acids is 1. The number of aryl methyl sites for hydroxylation is 1. The highest BCUT2D eigenvalue weighted by atomic mass is 35.5. The maximum atomic E-state index is 13.2. The average Bonchev–Trinajstić information content (AvgIpc) is 3.18. The molecule has 0 bridgehead atoms. The van der Waals surface area contributed by atoms with Gasteiger partial charge >= 0.3 is 0 Å². The lowest BCUT2D eigenvalue weighted by Gasteiger charge is -2.38. The molecule has 4 nitrogen and oxygen atoms in total. The zero-order valence-corrected chi connectivity index (χ0v) is 16.9. The lowest BCUT2D eigenvalue weighted by molar-refractivity contribution is 0.0588. The molecule has 2 aliphatic heterocycles. The molecule has 0 unspecified atom stereocenters. The van der Waals surface area contributed by atoms with Gasteiger partial charge in [0, 0.05) is 40.7 Å². The quantitative estimate of drug-likeness (QED) is 0.584. The molecule has 0 aliphatic carbocycles. The Kier molecular flexibility index (Phi) is 4.65. The number of rotatable bonds is 2. The van der Waals surface area contributed by atoms with E-state index in [4.69, 9.17) is 16.6 Å². The summed E-state index contributed by atoms with van der Waals surface area (Å²) in [5.41, 5.74) is 3.70. The van der Waals surface area contributed by atoms with E-state index in [-0.39, 0.29) is 11.8 Å². The molecule has 4 heterocycles. The molecule has 1 fully saturated rings. The van der Waals surface area contributed by atoms with Gasteiger partial charge in [-0.25, -0.2) is 4.98 Å². The highest BCUT2D eigenvalue weighted by molar-refractivity contribution is 7.10. The predicted molar refractivity (Wildman–Crippen MR) is 112 cm³/mol. The standard InChI is InChI=1S/C22H20ClN3OS/c23-16-6-9-18-14(11-16)4-7-17-8-5-15(12-26(17)22(18)27)21-25-20(13-28-21)19-3-1-2-10-24-19/h1-3,6,9-11,13,15,17H,4-5,7-8,12H2/t15-,17+/m0/s1. The van der Waals surface area contributed by atoms with Crippen LogP contribution in [0, 0.1) is 0 Å². The van der Waals surface area contributed by atoms with E-state index in [9.17, 15) is 4.79 Å². The van der Waals surface area contributed by atoms with E-state index < -0.39 is 0 Å². The van der Waals surface area contributed by atoms with Crippen LogP contribution in [0.15, 0.2) is 48.0 Å². The van der Waals surface area contributed by atoms with E-state index in [1.807, 2.05) is 36.4 Å². The Morgan fingerprint density at radius 3 is 2.89 bits per heavy atom. The Bertz CT molecular complexity index is 1020. The van der Waals surface area contributed by atoms with Gasteiger partial charge < -0.3 is 4.90 Å². The lowest BCUT2D eigenvalue weighted by atomic mass is 9.91. The molecule has 0 spiro atoms. The van der Waals surface area contributed by atoms with E-state index in [0.717, 1.165) is 59.8 Å². The fraction of sp³-hybridized carbons (Fsp3) is 0.318. The first kappa shape index (κ1) is 17.8. The molecule has 0 N–H and O–H groups in total. The van der Waals surface area contributed by atoms with Crippen molar-refractivity contribution in [2.24, 2.45) is 0 Å². The second kappa shape index (κ2) is 7.30. The minimum absolute atomic E-state index is 0.139. The summed E-state index contributed by atoms with van der Waals surface area (Å²) in [5.74, 6) is 0.428. The first-order valence-corrected chi connectivity index (χ1v) is 10.9. The van der Waals surface area contributed by atoms with Crippen molar-refractivity contribution in [3.8, 4) is 11.4 Å². The maximum Gasteiger partial charge on any atom is 0.254 e. The summed E-state index contributed by atoms with van der Waals surface area (Å²) in [6.45, 7) is 0.737. The van der Waals surface area contributed by atoms with E-state index in [2.05, 4.69) is 15.3 Å². The zero-order chi connectivity index (χ0) is 19.1. The number of hydrogen-bond acceptors (Lipinski definition) is 4. The molecule has 2 atom stereocenters. The molecular weight excluding hydrogens is 390 g/mol. The number of aromatic nitrogens is 2. The Labute approximate surface area is 173 Å². The largest absolute Gasteiger partial charge is 0.335 e. The van der Waals surface area contributed by atoms with Crippen molar-refractivity contribution in [3.63, 3.8) is 0 Å². The van der Waals surface area contributed by atoms with Gasteiger partial charge in [-0.05, 0) is 61.6 Å². The van der Waals surface area contributed by atoms with Crippen molar-refractivity contribution in [2.45, 2.75) is 37.6 Å². The van der Waals surface area contributed by atoms with Gasteiger partial charge in [-0.1, -0.05) is 17.7 Å². The SMILES string of the molecule is O=C1c2ccc(Cl)cc2CC[C@@H]2CC[C@H](c3nc(-c4ccccn4)cs3)CN12. The van der Waals surface area contributed by atoms with Crippen molar-refractivity contribution < 1.29 is 4.79 Å². The van der Waals surface area contributed by atoms with Crippen LogP contribution in [0.3, 0.4) is 0 Å². The van der Waals surface area contributed by atoms with E-state index >= 15 is 0 Å². The zero-order valence-electron chi connectivity index (χ0n) is 15.3. The smallest absolute Gasteiger partial charge is 0.254 e. The highest BCUT2D eigenvalue weighted by Gasteiger charge is 2.36. The number of benzene rings is 1. The van der Waals surface area contributed by atoms with Crippen LogP contribution in [-0.2, 0) is 6.42 Å².